The van der Waals surface area contributed by atoms with E-state index < -0.39 is 0 Å². The van der Waals surface area contributed by atoms with Crippen molar-refractivity contribution in [1.29, 1.82) is 0 Å². The van der Waals surface area contributed by atoms with E-state index in [1.807, 2.05) is 59.1 Å². The van der Waals surface area contributed by atoms with Gasteiger partial charge in [-0.3, -0.25) is 0 Å². The van der Waals surface area contributed by atoms with E-state index in [2.05, 4.69) is 50.7 Å². The average molecular weight is 563 g/mol. The van der Waals surface area contributed by atoms with Gasteiger partial charge in [0.1, 0.15) is 34.5 Å². The second-order valence-corrected chi connectivity index (χ2v) is 10.7. The maximum Gasteiger partial charge on any atom is 0.144 e. The first kappa shape index (κ1) is 27.3. The van der Waals surface area contributed by atoms with Gasteiger partial charge in [0.25, 0.3) is 0 Å². The molecular weight excluding hydrogens is 528 g/mol. The number of aryl methyl sites for hydroxylation is 3. The Hall–Kier alpha value is -4.89. The maximum atomic E-state index is 5.88. The quantitative estimate of drug-likeness (QED) is 0.201. The second-order valence-electron chi connectivity index (χ2n) is 10.7. The lowest BCUT2D eigenvalue weighted by Crippen LogP contribution is -2.12. The molecule has 0 saturated carbocycles. The van der Waals surface area contributed by atoms with Crippen LogP contribution in [0.15, 0.2) is 59.1 Å². The van der Waals surface area contributed by atoms with Crippen molar-refractivity contribution < 1.29 is 14.0 Å². The molecule has 0 aliphatic heterocycles. The topological polar surface area (TPSA) is 101 Å². The highest BCUT2D eigenvalue weighted by Crippen LogP contribution is 2.42. The molecule has 0 radical (unpaired) electrons. The monoisotopic (exact) mass is 562 g/mol. The summed E-state index contributed by atoms with van der Waals surface area (Å²) in [5, 5.41) is 9.66. The van der Waals surface area contributed by atoms with Crippen LogP contribution in [0.25, 0.3) is 44.2 Å². The van der Waals surface area contributed by atoms with E-state index in [-0.39, 0.29) is 0 Å². The molecule has 0 spiro atoms. The van der Waals surface area contributed by atoms with Gasteiger partial charge < -0.3 is 29.2 Å². The third-order valence-corrected chi connectivity index (χ3v) is 7.43. The molecule has 6 rings (SSSR count). The Morgan fingerprint density at radius 1 is 0.905 bits per heavy atom. The van der Waals surface area contributed by atoms with Gasteiger partial charge in [0.05, 0.1) is 30.9 Å². The van der Waals surface area contributed by atoms with Crippen LogP contribution in [-0.2, 0) is 6.54 Å². The minimum atomic E-state index is 0.651. The van der Waals surface area contributed by atoms with Gasteiger partial charge in [-0.1, -0.05) is 35.5 Å². The van der Waals surface area contributed by atoms with Crippen molar-refractivity contribution in [1.82, 2.24) is 25.0 Å². The number of methoxy groups -OCH3 is 2. The summed E-state index contributed by atoms with van der Waals surface area (Å²) in [6.45, 7) is 6.46. The fraction of sp³-hybridized carbons (Fsp3) is 0.242. The van der Waals surface area contributed by atoms with E-state index in [4.69, 9.17) is 24.0 Å². The first-order valence-corrected chi connectivity index (χ1v) is 13.8. The first-order chi connectivity index (χ1) is 20.3. The molecule has 9 heteroatoms. The molecule has 2 N–H and O–H groups in total. The maximum absolute atomic E-state index is 5.88. The predicted octanol–water partition coefficient (Wildman–Crippen LogP) is 7.18. The lowest BCUT2D eigenvalue weighted by molar-refractivity contribution is 0.372. The highest BCUT2D eigenvalue weighted by atomic mass is 16.5. The smallest absolute Gasteiger partial charge is 0.144 e. The minimum absolute atomic E-state index is 0.651. The largest absolute Gasteiger partial charge is 0.496 e. The second kappa shape index (κ2) is 10.8. The number of hydrogen-bond donors (Lipinski definition) is 2. The Balaban J connectivity index is 1.57. The van der Waals surface area contributed by atoms with Crippen molar-refractivity contribution in [3.8, 4) is 33.8 Å². The molecule has 42 heavy (non-hydrogen) atoms. The van der Waals surface area contributed by atoms with Crippen molar-refractivity contribution >= 4 is 33.4 Å². The zero-order valence-corrected chi connectivity index (χ0v) is 24.9. The van der Waals surface area contributed by atoms with Gasteiger partial charge in [-0.15, -0.1) is 0 Å². The van der Waals surface area contributed by atoms with Crippen molar-refractivity contribution in [3.63, 3.8) is 0 Å². The van der Waals surface area contributed by atoms with Crippen molar-refractivity contribution in [3.05, 3.63) is 77.4 Å². The molecule has 0 aliphatic carbocycles. The van der Waals surface area contributed by atoms with Gasteiger partial charge >= 0.3 is 0 Å². The molecule has 3 aromatic carbocycles. The number of fused-ring (bicyclic) bond motifs is 3. The summed E-state index contributed by atoms with van der Waals surface area (Å²) in [5.74, 6) is 3.64. The summed E-state index contributed by atoms with van der Waals surface area (Å²) in [4.78, 5) is 15.3. The van der Waals surface area contributed by atoms with Gasteiger partial charge in [0.2, 0.25) is 0 Å². The lowest BCUT2D eigenvalue weighted by Gasteiger charge is -2.19. The molecule has 6 aromatic rings. The number of anilines is 2. The van der Waals surface area contributed by atoms with Crippen LogP contribution >= 0.6 is 0 Å². The Morgan fingerprint density at radius 3 is 2.33 bits per heavy atom. The van der Waals surface area contributed by atoms with Crippen LogP contribution in [0.4, 0.5) is 11.5 Å². The molecule has 0 aliphatic rings. The van der Waals surface area contributed by atoms with Gasteiger partial charge in [-0.2, -0.15) is 0 Å². The summed E-state index contributed by atoms with van der Waals surface area (Å²) >= 11 is 0. The van der Waals surface area contributed by atoms with Crippen molar-refractivity contribution in [2.24, 2.45) is 0 Å². The number of H-pyrrole nitrogens is 1. The third kappa shape index (κ3) is 4.81. The van der Waals surface area contributed by atoms with Crippen LogP contribution in [0.5, 0.6) is 11.5 Å². The standard InChI is InChI=1S/C33H34N6O3/c1-18-30(19(2)42-38-18)25-14-27-24(16-29(25)41-7)31-32(34-20(3)35-33(31)37-27)36-26-13-22(17-39(4)5)28(40-6)15-23(26)21-11-9-8-10-12-21/h8-16H,17H2,1-7H3,(H2,34,35,36,37). The highest BCUT2D eigenvalue weighted by Gasteiger charge is 2.22. The van der Waals surface area contributed by atoms with Gasteiger partial charge in [-0.25, -0.2) is 9.97 Å². The number of rotatable bonds is 8. The van der Waals surface area contributed by atoms with Crippen LogP contribution in [0.1, 0.15) is 22.8 Å². The van der Waals surface area contributed by atoms with Crippen LogP contribution in [0.2, 0.25) is 0 Å². The summed E-state index contributed by atoms with van der Waals surface area (Å²) in [6.07, 6.45) is 0. The normalized spacial score (nSPS) is 11.5. The minimum Gasteiger partial charge on any atom is -0.496 e. The summed E-state index contributed by atoms with van der Waals surface area (Å²) in [7, 11) is 7.48. The molecule has 0 saturated heterocycles. The molecule has 3 heterocycles. The van der Waals surface area contributed by atoms with Gasteiger partial charge in [-0.05, 0) is 64.7 Å². The van der Waals surface area contributed by atoms with Crippen LogP contribution in [0, 0.1) is 20.8 Å². The zero-order valence-electron chi connectivity index (χ0n) is 24.9. The van der Waals surface area contributed by atoms with E-state index in [9.17, 15) is 0 Å². The SMILES string of the molecule is COc1cc(-c2ccccc2)c(Nc2nc(C)nc3[nH]c4cc(-c5c(C)noc5C)c(OC)cc4c23)cc1CN(C)C. The number of aromatic amines is 1. The molecule has 0 unspecified atom stereocenters. The molecule has 9 nitrogen and oxygen atoms in total. The Labute approximate surface area is 244 Å². The molecule has 0 amide bonds. The van der Waals surface area contributed by atoms with E-state index in [0.717, 1.165) is 79.2 Å². The molecule has 0 fully saturated rings. The number of nitrogens with one attached hydrogen (secondary N) is 2. The van der Waals surface area contributed by atoms with Crippen LogP contribution in [0.3, 0.4) is 0 Å². The Kier molecular flexibility index (Phi) is 7.04. The lowest BCUT2D eigenvalue weighted by atomic mass is 9.99. The Bertz CT molecular complexity index is 1900. The Morgan fingerprint density at radius 2 is 1.67 bits per heavy atom. The number of benzene rings is 3. The van der Waals surface area contributed by atoms with E-state index in [1.54, 1.807) is 14.2 Å². The van der Waals surface area contributed by atoms with Crippen molar-refractivity contribution in [2.75, 3.05) is 33.6 Å². The molecule has 0 atom stereocenters. The average Bonchev–Trinajstić information content (AvgIpc) is 3.50. The fourth-order valence-electron chi connectivity index (χ4n) is 5.62. The fourth-order valence-corrected chi connectivity index (χ4v) is 5.62. The number of ether oxygens (including phenoxy) is 2. The van der Waals surface area contributed by atoms with Gasteiger partial charge in [0, 0.05) is 39.8 Å². The predicted molar refractivity (Wildman–Crippen MR) is 167 cm³/mol. The van der Waals surface area contributed by atoms with E-state index in [0.29, 0.717) is 17.4 Å². The molecular formula is C33H34N6O3. The zero-order chi connectivity index (χ0) is 29.5. The number of hydrogen-bond acceptors (Lipinski definition) is 8. The number of aromatic nitrogens is 4. The highest BCUT2D eigenvalue weighted by molar-refractivity contribution is 6.13. The van der Waals surface area contributed by atoms with Crippen molar-refractivity contribution in [2.45, 2.75) is 27.3 Å². The molecule has 0 bridgehead atoms. The molecule has 3 aromatic heterocycles. The summed E-state index contributed by atoms with van der Waals surface area (Å²) < 4.78 is 17.2. The summed E-state index contributed by atoms with van der Waals surface area (Å²) in [5.41, 5.74) is 8.35. The first-order valence-electron chi connectivity index (χ1n) is 13.8. The molecule has 214 valence electrons. The van der Waals surface area contributed by atoms with Gasteiger partial charge in [0.15, 0.2) is 0 Å². The number of nitrogens with zero attached hydrogens (tertiary/aromatic N) is 4. The summed E-state index contributed by atoms with van der Waals surface area (Å²) in [6, 6.07) is 18.6. The van der Waals surface area contributed by atoms with Crippen LogP contribution in [-0.4, -0.2) is 53.3 Å². The van der Waals surface area contributed by atoms with E-state index in [1.165, 1.54) is 0 Å². The van der Waals surface area contributed by atoms with Crippen LogP contribution < -0.4 is 14.8 Å². The van der Waals surface area contributed by atoms with E-state index >= 15 is 0 Å². The third-order valence-electron chi connectivity index (χ3n) is 7.43.